The van der Waals surface area contributed by atoms with Gasteiger partial charge in [-0.05, 0) is 24.7 Å². The van der Waals surface area contributed by atoms with Gasteiger partial charge in [0.1, 0.15) is 0 Å². The van der Waals surface area contributed by atoms with Gasteiger partial charge in [0.15, 0.2) is 0 Å². The molecule has 0 spiro atoms. The van der Waals surface area contributed by atoms with Crippen molar-refractivity contribution in [1.29, 1.82) is 0 Å². The monoisotopic (exact) mass is 141 g/mol. The van der Waals surface area contributed by atoms with Crippen molar-refractivity contribution >= 4 is 0 Å². The molecular weight excluding hydrogens is 120 g/mol. The summed E-state index contributed by atoms with van der Waals surface area (Å²) in [6.45, 7) is 9.06. The third-order valence-electron chi connectivity index (χ3n) is 1.62. The first-order chi connectivity index (χ1) is 4.63. The van der Waals surface area contributed by atoms with Crippen molar-refractivity contribution in [3.05, 3.63) is 6.42 Å². The Morgan fingerprint density at radius 2 is 1.70 bits per heavy atom. The maximum Gasteiger partial charge on any atom is -0.0360 e. The number of hydrogen-bond donors (Lipinski definition) is 0. The fraction of sp³-hybridized carbons (Fsp3) is 0.900. The van der Waals surface area contributed by atoms with E-state index >= 15 is 0 Å². The predicted molar refractivity (Wildman–Crippen MR) is 47.8 cm³/mol. The Bertz CT molecular complexity index is 52.4. The van der Waals surface area contributed by atoms with Crippen LogP contribution in [0.3, 0.4) is 0 Å². The first-order valence-corrected chi connectivity index (χ1v) is 4.46. The second-order valence-electron chi connectivity index (χ2n) is 3.80. The number of unbranched alkanes of at least 4 members (excludes halogenated alkanes) is 1. The molecule has 0 aromatic heterocycles. The smallest absolute Gasteiger partial charge is 0.0360 e. The highest BCUT2D eigenvalue weighted by molar-refractivity contribution is 4.68. The molecule has 1 radical (unpaired) electrons. The summed E-state index contributed by atoms with van der Waals surface area (Å²) in [6, 6.07) is 0. The van der Waals surface area contributed by atoms with Crippen LogP contribution < -0.4 is 0 Å². The Labute approximate surface area is 66.0 Å². The van der Waals surface area contributed by atoms with Gasteiger partial charge in [-0.25, -0.2) is 0 Å². The molecular formula is C10H21. The molecule has 0 rings (SSSR count). The van der Waals surface area contributed by atoms with Crippen molar-refractivity contribution in [2.24, 2.45) is 11.8 Å². The van der Waals surface area contributed by atoms with Crippen LogP contribution in [-0.4, -0.2) is 0 Å². The SMILES string of the molecule is CC(C)[CH]CCCC(C)C. The van der Waals surface area contributed by atoms with Crippen molar-refractivity contribution in [1.82, 2.24) is 0 Å². The van der Waals surface area contributed by atoms with Gasteiger partial charge in [-0.2, -0.15) is 0 Å². The normalized spacial score (nSPS) is 11.4. The van der Waals surface area contributed by atoms with Crippen LogP contribution in [0.2, 0.25) is 0 Å². The van der Waals surface area contributed by atoms with E-state index in [2.05, 4.69) is 34.1 Å². The van der Waals surface area contributed by atoms with Crippen LogP contribution in [-0.2, 0) is 0 Å². The summed E-state index contributed by atoms with van der Waals surface area (Å²) in [6.07, 6.45) is 6.46. The molecule has 10 heavy (non-hydrogen) atoms. The first kappa shape index (κ1) is 10.0. The van der Waals surface area contributed by atoms with E-state index in [0.29, 0.717) is 0 Å². The molecule has 0 saturated carbocycles. The van der Waals surface area contributed by atoms with E-state index < -0.39 is 0 Å². The molecule has 0 aliphatic heterocycles. The molecule has 0 heterocycles. The second kappa shape index (κ2) is 5.76. The molecule has 0 aliphatic carbocycles. The van der Waals surface area contributed by atoms with E-state index in [1.165, 1.54) is 19.3 Å². The summed E-state index contributed by atoms with van der Waals surface area (Å²) >= 11 is 0. The summed E-state index contributed by atoms with van der Waals surface area (Å²) in [5, 5.41) is 0. The van der Waals surface area contributed by atoms with Gasteiger partial charge in [-0.3, -0.25) is 0 Å². The summed E-state index contributed by atoms with van der Waals surface area (Å²) in [4.78, 5) is 0. The lowest BCUT2D eigenvalue weighted by molar-refractivity contribution is 0.539. The van der Waals surface area contributed by atoms with Crippen molar-refractivity contribution in [3.8, 4) is 0 Å². The van der Waals surface area contributed by atoms with Gasteiger partial charge in [-0.15, -0.1) is 0 Å². The minimum atomic E-state index is 0.771. The standard InChI is InChI=1S/C10H21/c1-9(2)7-5-6-8-10(3)4/h7,9-10H,5-6,8H2,1-4H3. The van der Waals surface area contributed by atoms with Crippen molar-refractivity contribution in [3.63, 3.8) is 0 Å². The largest absolute Gasteiger partial charge is 0.0628 e. The Hall–Kier alpha value is 0. The van der Waals surface area contributed by atoms with Crippen LogP contribution in [0, 0.1) is 18.3 Å². The van der Waals surface area contributed by atoms with Gasteiger partial charge in [-0.1, -0.05) is 40.5 Å². The van der Waals surface area contributed by atoms with E-state index in [-0.39, 0.29) is 0 Å². The molecule has 0 saturated heterocycles. The minimum Gasteiger partial charge on any atom is -0.0628 e. The quantitative estimate of drug-likeness (QED) is 0.512. The molecule has 0 heteroatoms. The highest BCUT2D eigenvalue weighted by Crippen LogP contribution is 2.10. The maximum absolute atomic E-state index is 2.41. The number of hydrogen-bond acceptors (Lipinski definition) is 0. The fourth-order valence-electron chi connectivity index (χ4n) is 0.977. The second-order valence-corrected chi connectivity index (χ2v) is 3.80. The molecule has 0 bridgehead atoms. The summed E-state index contributed by atoms with van der Waals surface area (Å²) in [5.41, 5.74) is 0. The molecule has 0 aliphatic rings. The van der Waals surface area contributed by atoms with E-state index in [4.69, 9.17) is 0 Å². The zero-order valence-electron chi connectivity index (χ0n) is 7.85. The van der Waals surface area contributed by atoms with E-state index in [9.17, 15) is 0 Å². The zero-order chi connectivity index (χ0) is 7.98. The molecule has 0 aromatic rings. The van der Waals surface area contributed by atoms with Gasteiger partial charge in [0.25, 0.3) is 0 Å². The van der Waals surface area contributed by atoms with Gasteiger partial charge in [0, 0.05) is 0 Å². The van der Waals surface area contributed by atoms with Crippen molar-refractivity contribution < 1.29 is 0 Å². The van der Waals surface area contributed by atoms with E-state index in [0.717, 1.165) is 11.8 Å². The molecule has 0 atom stereocenters. The summed E-state index contributed by atoms with van der Waals surface area (Å²) < 4.78 is 0. The fourth-order valence-corrected chi connectivity index (χ4v) is 0.977. The molecule has 0 aromatic carbocycles. The van der Waals surface area contributed by atoms with Crippen LogP contribution in [0.5, 0.6) is 0 Å². The average Bonchev–Trinajstić information content (AvgIpc) is 1.79. The average molecular weight is 141 g/mol. The third kappa shape index (κ3) is 8.00. The lowest BCUT2D eigenvalue weighted by Crippen LogP contribution is -1.91. The summed E-state index contributed by atoms with van der Waals surface area (Å²) in [7, 11) is 0. The molecule has 0 fully saturated rings. The van der Waals surface area contributed by atoms with Gasteiger partial charge < -0.3 is 0 Å². The Kier molecular flexibility index (Phi) is 5.76. The van der Waals surface area contributed by atoms with Crippen LogP contribution in [0.1, 0.15) is 47.0 Å². The lowest BCUT2D eigenvalue weighted by atomic mass is 10.0. The third-order valence-corrected chi connectivity index (χ3v) is 1.62. The van der Waals surface area contributed by atoms with Gasteiger partial charge in [0.05, 0.1) is 0 Å². The summed E-state index contributed by atoms with van der Waals surface area (Å²) in [5.74, 6) is 1.65. The molecule has 0 unspecified atom stereocenters. The van der Waals surface area contributed by atoms with Crippen LogP contribution in [0.25, 0.3) is 0 Å². The first-order valence-electron chi connectivity index (χ1n) is 4.46. The highest BCUT2D eigenvalue weighted by atomic mass is 14.0. The Morgan fingerprint density at radius 3 is 2.10 bits per heavy atom. The van der Waals surface area contributed by atoms with Crippen LogP contribution in [0.4, 0.5) is 0 Å². The van der Waals surface area contributed by atoms with E-state index in [1.807, 2.05) is 0 Å². The minimum absolute atomic E-state index is 0.771. The topological polar surface area (TPSA) is 0 Å². The molecule has 0 N–H and O–H groups in total. The lowest BCUT2D eigenvalue weighted by Gasteiger charge is -2.05. The molecule has 0 amide bonds. The Balaban J connectivity index is 2.91. The van der Waals surface area contributed by atoms with Crippen molar-refractivity contribution in [2.75, 3.05) is 0 Å². The van der Waals surface area contributed by atoms with Crippen LogP contribution >= 0.6 is 0 Å². The van der Waals surface area contributed by atoms with Crippen LogP contribution in [0.15, 0.2) is 0 Å². The van der Waals surface area contributed by atoms with E-state index in [1.54, 1.807) is 0 Å². The molecule has 0 nitrogen and oxygen atoms in total. The molecule has 61 valence electrons. The number of rotatable bonds is 5. The van der Waals surface area contributed by atoms with Crippen molar-refractivity contribution in [2.45, 2.75) is 47.0 Å². The van der Waals surface area contributed by atoms with Gasteiger partial charge >= 0.3 is 0 Å². The predicted octanol–water partition coefficient (Wildman–Crippen LogP) is 3.67. The Morgan fingerprint density at radius 1 is 1.10 bits per heavy atom. The zero-order valence-corrected chi connectivity index (χ0v) is 7.85. The highest BCUT2D eigenvalue weighted by Gasteiger charge is 1.96. The maximum atomic E-state index is 2.41. The van der Waals surface area contributed by atoms with Gasteiger partial charge in [0.2, 0.25) is 0 Å².